The fourth-order valence-electron chi connectivity index (χ4n) is 4.23. The monoisotopic (exact) mass is 563 g/mol. The van der Waals surface area contributed by atoms with Gasteiger partial charge in [-0.1, -0.05) is 24.6 Å². The van der Waals surface area contributed by atoms with Gasteiger partial charge >= 0.3 is 5.97 Å². The van der Waals surface area contributed by atoms with Crippen molar-refractivity contribution in [1.82, 2.24) is 15.1 Å². The fraction of sp³-hybridized carbons (Fsp3) is 0.636. The summed E-state index contributed by atoms with van der Waals surface area (Å²) in [6.45, 7) is 10.8. The topological polar surface area (TPSA) is 60.4 Å². The molecule has 0 aromatic heterocycles. The summed E-state index contributed by atoms with van der Waals surface area (Å²) in [5.74, 6) is 0.770. The zero-order chi connectivity index (χ0) is 21.7. The molecule has 0 bridgehead atoms. The molecule has 1 aromatic rings. The van der Waals surface area contributed by atoms with Crippen LogP contribution >= 0.6 is 35.6 Å². The third-order valence-corrected chi connectivity index (χ3v) is 6.43. The van der Waals surface area contributed by atoms with E-state index < -0.39 is 0 Å². The molecule has 9 heteroatoms. The lowest BCUT2D eigenvalue weighted by Gasteiger charge is -2.35. The number of halogens is 2. The largest absolute Gasteiger partial charge is 0.469 e. The van der Waals surface area contributed by atoms with E-state index in [0.717, 1.165) is 61.5 Å². The van der Waals surface area contributed by atoms with Crippen LogP contribution in [0.4, 0.5) is 5.69 Å². The summed E-state index contributed by atoms with van der Waals surface area (Å²) >= 11 is 6.60. The van der Waals surface area contributed by atoms with E-state index >= 15 is 0 Å². The zero-order valence-corrected chi connectivity index (χ0v) is 22.0. The van der Waals surface area contributed by atoms with E-state index in [1.165, 1.54) is 7.11 Å². The molecule has 2 heterocycles. The number of benzene rings is 1. The lowest BCUT2D eigenvalue weighted by atomic mass is 9.99. The van der Waals surface area contributed by atoms with Crippen LogP contribution in [0.2, 0.25) is 5.02 Å². The molecule has 0 amide bonds. The molecule has 7 nitrogen and oxygen atoms in total. The molecule has 2 aliphatic rings. The lowest BCUT2D eigenvalue weighted by molar-refractivity contribution is -0.145. The minimum Gasteiger partial charge on any atom is -0.469 e. The van der Waals surface area contributed by atoms with Gasteiger partial charge in [-0.3, -0.25) is 4.79 Å². The number of ether oxygens (including phenoxy) is 1. The maximum absolute atomic E-state index is 12.1. The average Bonchev–Trinajstić information content (AvgIpc) is 3.13. The maximum Gasteiger partial charge on any atom is 0.310 e. The van der Waals surface area contributed by atoms with E-state index in [9.17, 15) is 4.79 Å². The lowest BCUT2D eigenvalue weighted by Crippen LogP contribution is -2.44. The van der Waals surface area contributed by atoms with E-state index in [4.69, 9.17) is 21.3 Å². The first-order valence-corrected chi connectivity index (χ1v) is 11.1. The molecule has 2 atom stereocenters. The smallest absolute Gasteiger partial charge is 0.310 e. The van der Waals surface area contributed by atoms with Crippen LogP contribution in [0.5, 0.6) is 0 Å². The number of anilines is 1. The number of esters is 1. The van der Waals surface area contributed by atoms with E-state index in [-0.39, 0.29) is 41.8 Å². The summed E-state index contributed by atoms with van der Waals surface area (Å²) in [5, 5.41) is 4.12. The number of aliphatic imine (C=N–C) groups is 1. The van der Waals surface area contributed by atoms with Crippen molar-refractivity contribution in [2.45, 2.75) is 20.4 Å². The number of nitrogens with zero attached hydrogens (tertiary/aromatic N) is 4. The van der Waals surface area contributed by atoms with Crippen LogP contribution in [0.1, 0.15) is 19.4 Å². The van der Waals surface area contributed by atoms with Gasteiger partial charge in [0.05, 0.1) is 19.6 Å². The summed E-state index contributed by atoms with van der Waals surface area (Å²) in [5.41, 5.74) is 2.22. The quantitative estimate of drug-likeness (QED) is 0.257. The predicted octanol–water partition coefficient (Wildman–Crippen LogP) is 2.92. The second-order valence-electron chi connectivity index (χ2n) is 8.21. The van der Waals surface area contributed by atoms with Crippen LogP contribution in [0.15, 0.2) is 23.2 Å². The molecule has 0 spiro atoms. The third-order valence-electron chi connectivity index (χ3n) is 6.08. The SMILES string of the molecule is CCNC(=NCc1c(Cl)cccc1N1CCN(C)CC1)N1CC(C)C(C(=O)OC)C1.I. The van der Waals surface area contributed by atoms with Gasteiger partial charge in [0, 0.05) is 62.1 Å². The van der Waals surface area contributed by atoms with Crippen molar-refractivity contribution in [1.29, 1.82) is 0 Å². The van der Waals surface area contributed by atoms with Gasteiger partial charge in [0.25, 0.3) is 0 Å². The molecule has 1 aromatic carbocycles. The third kappa shape index (κ3) is 6.38. The van der Waals surface area contributed by atoms with Gasteiger partial charge in [-0.15, -0.1) is 24.0 Å². The highest BCUT2D eigenvalue weighted by atomic mass is 127. The van der Waals surface area contributed by atoms with Crippen molar-refractivity contribution < 1.29 is 9.53 Å². The van der Waals surface area contributed by atoms with Crippen LogP contribution in [-0.2, 0) is 16.1 Å². The van der Waals surface area contributed by atoms with Gasteiger partial charge in [0.1, 0.15) is 0 Å². The number of rotatable bonds is 5. The number of carbonyl (C=O) groups is 1. The Balaban J connectivity index is 0.00000341. The molecular formula is C22H35ClIN5O2. The molecule has 2 unspecified atom stereocenters. The Bertz CT molecular complexity index is 770. The first-order valence-electron chi connectivity index (χ1n) is 10.8. The molecule has 174 valence electrons. The van der Waals surface area contributed by atoms with Gasteiger partial charge in [0.15, 0.2) is 5.96 Å². The van der Waals surface area contributed by atoms with Gasteiger partial charge in [-0.05, 0) is 32.0 Å². The number of piperazine rings is 1. The number of methoxy groups -OCH3 is 1. The highest BCUT2D eigenvalue weighted by Gasteiger charge is 2.36. The minimum atomic E-state index is -0.149. The summed E-state index contributed by atoms with van der Waals surface area (Å²) < 4.78 is 4.98. The highest BCUT2D eigenvalue weighted by molar-refractivity contribution is 14.0. The summed E-state index contributed by atoms with van der Waals surface area (Å²) in [6.07, 6.45) is 0. The molecule has 31 heavy (non-hydrogen) atoms. The molecule has 2 saturated heterocycles. The molecule has 2 fully saturated rings. The van der Waals surface area contributed by atoms with Gasteiger partial charge in [-0.25, -0.2) is 4.99 Å². The van der Waals surface area contributed by atoms with Gasteiger partial charge < -0.3 is 24.8 Å². The normalized spacial score (nSPS) is 22.3. The van der Waals surface area contributed by atoms with Crippen LogP contribution in [0.3, 0.4) is 0 Å². The van der Waals surface area contributed by atoms with Gasteiger partial charge in [0.2, 0.25) is 0 Å². The van der Waals surface area contributed by atoms with Crippen LogP contribution in [0.25, 0.3) is 0 Å². The number of guanidine groups is 1. The molecule has 3 rings (SSSR count). The van der Waals surface area contributed by atoms with E-state index in [1.807, 2.05) is 12.1 Å². The predicted molar refractivity (Wildman–Crippen MR) is 138 cm³/mol. The number of carbonyl (C=O) groups excluding carboxylic acids is 1. The molecule has 0 aliphatic carbocycles. The van der Waals surface area contributed by atoms with Crippen molar-refractivity contribution in [3.8, 4) is 0 Å². The fourth-order valence-corrected chi connectivity index (χ4v) is 4.45. The Hall–Kier alpha value is -1.26. The van der Waals surface area contributed by atoms with Gasteiger partial charge in [-0.2, -0.15) is 0 Å². The van der Waals surface area contributed by atoms with E-state index in [0.29, 0.717) is 13.1 Å². The van der Waals surface area contributed by atoms with Crippen LogP contribution in [0, 0.1) is 11.8 Å². The Kier molecular flexibility index (Phi) is 10.2. The first-order chi connectivity index (χ1) is 14.4. The Morgan fingerprint density at radius 1 is 1.26 bits per heavy atom. The molecule has 0 saturated carbocycles. The summed E-state index contributed by atoms with van der Waals surface area (Å²) in [4.78, 5) is 23.9. The molecule has 1 N–H and O–H groups in total. The molecular weight excluding hydrogens is 529 g/mol. The van der Waals surface area contributed by atoms with Crippen molar-refractivity contribution in [3.63, 3.8) is 0 Å². The zero-order valence-electron chi connectivity index (χ0n) is 18.9. The van der Waals surface area contributed by atoms with Crippen molar-refractivity contribution in [2.24, 2.45) is 16.8 Å². The van der Waals surface area contributed by atoms with Crippen LogP contribution in [-0.4, -0.2) is 81.7 Å². The average molecular weight is 564 g/mol. The van der Waals surface area contributed by atoms with E-state index in [2.05, 4.69) is 47.0 Å². The van der Waals surface area contributed by atoms with E-state index in [1.54, 1.807) is 0 Å². The second-order valence-corrected chi connectivity index (χ2v) is 8.62. The van der Waals surface area contributed by atoms with Crippen LogP contribution < -0.4 is 10.2 Å². The Morgan fingerprint density at radius 2 is 1.97 bits per heavy atom. The molecule has 2 aliphatic heterocycles. The number of hydrogen-bond donors (Lipinski definition) is 1. The summed E-state index contributed by atoms with van der Waals surface area (Å²) in [6, 6.07) is 6.09. The highest BCUT2D eigenvalue weighted by Crippen LogP contribution is 2.30. The number of likely N-dealkylation sites (N-methyl/N-ethyl adjacent to an activating group) is 1. The number of nitrogens with one attached hydrogen (secondary N) is 1. The van der Waals surface area contributed by atoms with Crippen molar-refractivity contribution in [3.05, 3.63) is 28.8 Å². The summed E-state index contributed by atoms with van der Waals surface area (Å²) in [7, 11) is 3.61. The van der Waals surface area contributed by atoms with Crippen molar-refractivity contribution >= 4 is 53.2 Å². The standard InChI is InChI=1S/C22H34ClN5O2.HI/c1-5-24-22(28-14-16(2)18(15-28)21(29)30-4)25-13-17-19(23)7-6-8-20(17)27-11-9-26(3)10-12-27;/h6-8,16,18H,5,9-15H2,1-4H3,(H,24,25);1H. The minimum absolute atomic E-state index is 0. The number of likely N-dealkylation sites (tertiary alicyclic amines) is 1. The maximum atomic E-state index is 12.1. The molecule has 0 radical (unpaired) electrons. The number of hydrogen-bond acceptors (Lipinski definition) is 5. The van der Waals surface area contributed by atoms with Crippen molar-refractivity contribution in [2.75, 3.05) is 64.9 Å². The Labute approximate surface area is 208 Å². The first kappa shape index (κ1) is 26.0. The second kappa shape index (κ2) is 12.1. The Morgan fingerprint density at radius 3 is 2.61 bits per heavy atom.